The van der Waals surface area contributed by atoms with E-state index in [-0.39, 0.29) is 0 Å². The molecule has 0 saturated carbocycles. The van der Waals surface area contributed by atoms with Crippen molar-refractivity contribution in [1.29, 1.82) is 0 Å². The van der Waals surface area contributed by atoms with Crippen LogP contribution >= 0.6 is 0 Å². The number of hydrogen-bond acceptors (Lipinski definition) is 1. The molecule has 2 N–H and O–H groups in total. The van der Waals surface area contributed by atoms with Crippen molar-refractivity contribution in [2.24, 2.45) is 5.73 Å². The van der Waals surface area contributed by atoms with Crippen LogP contribution in [-0.2, 0) is 0 Å². The Bertz CT molecular complexity index is 26.9. The van der Waals surface area contributed by atoms with E-state index >= 15 is 0 Å². The number of allylic oxidation sites excluding steroid dienone is 1. The van der Waals surface area contributed by atoms with E-state index in [0.29, 0.717) is 0 Å². The second-order valence-electron chi connectivity index (χ2n) is 1.21. The number of nitrogens with two attached hydrogens (primary N) is 1. The maximum atomic E-state index is 4.50. The van der Waals surface area contributed by atoms with Gasteiger partial charge in [-0.1, -0.05) is 5.57 Å². The molecule has 0 aliphatic rings. The highest BCUT2D eigenvalue weighted by molar-refractivity contribution is 4.78. The summed E-state index contributed by atoms with van der Waals surface area (Å²) in [7, 11) is 1.50. The highest BCUT2D eigenvalue weighted by atomic mass is 14.4. The average molecular weight is 87.2 g/mol. The van der Waals surface area contributed by atoms with Crippen molar-refractivity contribution in [2.45, 2.75) is 13.8 Å². The molecule has 0 rings (SSSR count). The van der Waals surface area contributed by atoms with Gasteiger partial charge in [0, 0.05) is 0 Å². The molecule has 0 spiro atoms. The van der Waals surface area contributed by atoms with Crippen molar-refractivity contribution in [3.63, 3.8) is 0 Å². The van der Waals surface area contributed by atoms with Gasteiger partial charge in [0.2, 0.25) is 0 Å². The minimum Gasteiger partial charge on any atom is -0.333 e. The maximum absolute atomic E-state index is 4.50. The first-order valence-corrected chi connectivity index (χ1v) is 1.93. The van der Waals surface area contributed by atoms with Crippen LogP contribution in [0.3, 0.4) is 0 Å². The van der Waals surface area contributed by atoms with Crippen molar-refractivity contribution < 1.29 is 0 Å². The SMILES string of the molecule is C=C(C)C.CN. The van der Waals surface area contributed by atoms with Crippen LogP contribution in [-0.4, -0.2) is 7.05 Å². The van der Waals surface area contributed by atoms with Gasteiger partial charge in [-0.05, 0) is 20.9 Å². The van der Waals surface area contributed by atoms with Crippen LogP contribution in [0.25, 0.3) is 0 Å². The van der Waals surface area contributed by atoms with Crippen LogP contribution in [0.2, 0.25) is 0 Å². The number of rotatable bonds is 0. The van der Waals surface area contributed by atoms with Crippen molar-refractivity contribution >= 4 is 0 Å². The highest BCUT2D eigenvalue weighted by Crippen LogP contribution is 1.73. The fourth-order valence-electron chi connectivity index (χ4n) is 0. The van der Waals surface area contributed by atoms with Crippen LogP contribution in [0.15, 0.2) is 12.2 Å². The minimum absolute atomic E-state index is 1.17. The van der Waals surface area contributed by atoms with Gasteiger partial charge in [0.1, 0.15) is 0 Å². The number of hydrogen-bond donors (Lipinski definition) is 1. The molecule has 6 heavy (non-hydrogen) atoms. The van der Waals surface area contributed by atoms with Gasteiger partial charge in [-0.25, -0.2) is 0 Å². The van der Waals surface area contributed by atoms with E-state index in [4.69, 9.17) is 0 Å². The maximum Gasteiger partial charge on any atom is -0.0195 e. The minimum atomic E-state index is 1.17. The third-order valence-electron chi connectivity index (χ3n) is 0. The van der Waals surface area contributed by atoms with Gasteiger partial charge in [0.25, 0.3) is 0 Å². The summed E-state index contributed by atoms with van der Waals surface area (Å²) >= 11 is 0. The standard InChI is InChI=1S/C4H8.CH5N/c1-4(2)3;1-2/h1H2,2-3H3;2H2,1H3. The van der Waals surface area contributed by atoms with Gasteiger partial charge in [-0.15, -0.1) is 6.58 Å². The molecule has 0 aromatic rings. The summed E-state index contributed by atoms with van der Waals surface area (Å²) in [6, 6.07) is 0. The first-order chi connectivity index (χ1) is 2.73. The first kappa shape index (κ1) is 9.20. The Labute approximate surface area is 39.9 Å². The van der Waals surface area contributed by atoms with Gasteiger partial charge >= 0.3 is 0 Å². The molecule has 1 nitrogen and oxygen atoms in total. The molecule has 0 bridgehead atoms. The van der Waals surface area contributed by atoms with E-state index in [9.17, 15) is 0 Å². The van der Waals surface area contributed by atoms with E-state index in [0.717, 1.165) is 0 Å². The van der Waals surface area contributed by atoms with E-state index < -0.39 is 0 Å². The molecule has 38 valence electrons. The normalized spacial score (nSPS) is 5.33. The molecule has 0 unspecified atom stereocenters. The van der Waals surface area contributed by atoms with Crippen LogP contribution in [0.4, 0.5) is 0 Å². The molecular weight excluding hydrogens is 74.1 g/mol. The molecule has 0 fully saturated rings. The molecule has 0 amide bonds. The summed E-state index contributed by atoms with van der Waals surface area (Å²) in [6.45, 7) is 7.50. The quantitative estimate of drug-likeness (QED) is 0.441. The molecule has 0 aromatic heterocycles. The van der Waals surface area contributed by atoms with Gasteiger partial charge in [0.15, 0.2) is 0 Å². The van der Waals surface area contributed by atoms with Crippen molar-refractivity contribution in [1.82, 2.24) is 0 Å². The van der Waals surface area contributed by atoms with Crippen LogP contribution < -0.4 is 5.73 Å². The topological polar surface area (TPSA) is 26.0 Å². The van der Waals surface area contributed by atoms with Crippen LogP contribution in [0, 0.1) is 0 Å². The molecule has 0 radical (unpaired) electrons. The Morgan fingerprint density at radius 2 is 1.33 bits per heavy atom. The van der Waals surface area contributed by atoms with Gasteiger partial charge in [-0.3, -0.25) is 0 Å². The van der Waals surface area contributed by atoms with E-state index in [1.165, 1.54) is 12.6 Å². The lowest BCUT2D eigenvalue weighted by Crippen LogP contribution is -1.69. The molecule has 1 heteroatoms. The molecule has 0 saturated heterocycles. The first-order valence-electron chi connectivity index (χ1n) is 1.93. The molecule has 0 aliphatic carbocycles. The zero-order valence-corrected chi connectivity index (χ0v) is 4.78. The monoisotopic (exact) mass is 87.1 g/mol. The predicted octanol–water partition coefficient (Wildman–Crippen LogP) is 1.16. The molecule has 0 atom stereocenters. The summed E-state index contributed by atoms with van der Waals surface area (Å²) in [5.74, 6) is 0. The van der Waals surface area contributed by atoms with Gasteiger partial charge < -0.3 is 5.73 Å². The molecular formula is C5H13N. The smallest absolute Gasteiger partial charge is 0.0195 e. The Kier molecular flexibility index (Phi) is 13.5. The highest BCUT2D eigenvalue weighted by Gasteiger charge is 1.51. The van der Waals surface area contributed by atoms with Gasteiger partial charge in [-0.2, -0.15) is 0 Å². The lowest BCUT2D eigenvalue weighted by Gasteiger charge is -1.65. The lowest BCUT2D eigenvalue weighted by molar-refractivity contribution is 1.42. The van der Waals surface area contributed by atoms with Crippen molar-refractivity contribution in [3.05, 3.63) is 12.2 Å². The zero-order valence-electron chi connectivity index (χ0n) is 4.78. The van der Waals surface area contributed by atoms with E-state index in [1.54, 1.807) is 0 Å². The average Bonchev–Trinajstić information content (AvgIpc) is 1.41. The fraction of sp³-hybridized carbons (Fsp3) is 0.600. The van der Waals surface area contributed by atoms with E-state index in [1.807, 2.05) is 13.8 Å². The summed E-state index contributed by atoms with van der Waals surface area (Å²) < 4.78 is 0. The Balaban J connectivity index is 0. The summed E-state index contributed by atoms with van der Waals surface area (Å²) in [6.07, 6.45) is 0. The lowest BCUT2D eigenvalue weighted by atomic mass is 10.4. The predicted molar refractivity (Wildman–Crippen MR) is 30.6 cm³/mol. The molecule has 0 aliphatic heterocycles. The Hall–Kier alpha value is -0.300. The second-order valence-corrected chi connectivity index (χ2v) is 1.21. The third-order valence-corrected chi connectivity index (χ3v) is 0. The van der Waals surface area contributed by atoms with Crippen molar-refractivity contribution in [2.75, 3.05) is 7.05 Å². The fourth-order valence-corrected chi connectivity index (χ4v) is 0. The largest absolute Gasteiger partial charge is 0.333 e. The van der Waals surface area contributed by atoms with Gasteiger partial charge in [0.05, 0.1) is 0 Å². The summed E-state index contributed by atoms with van der Waals surface area (Å²) in [4.78, 5) is 0. The van der Waals surface area contributed by atoms with Crippen LogP contribution in [0.5, 0.6) is 0 Å². The van der Waals surface area contributed by atoms with E-state index in [2.05, 4.69) is 12.3 Å². The van der Waals surface area contributed by atoms with Crippen molar-refractivity contribution in [3.8, 4) is 0 Å². The Morgan fingerprint density at radius 1 is 1.33 bits per heavy atom. The summed E-state index contributed by atoms with van der Waals surface area (Å²) in [5.41, 5.74) is 5.67. The summed E-state index contributed by atoms with van der Waals surface area (Å²) in [5, 5.41) is 0. The molecule has 0 heterocycles. The zero-order chi connectivity index (χ0) is 5.58. The Morgan fingerprint density at radius 3 is 1.33 bits per heavy atom. The molecule has 0 aromatic carbocycles. The third kappa shape index (κ3) is 300. The second kappa shape index (κ2) is 8.83. The van der Waals surface area contributed by atoms with Crippen LogP contribution in [0.1, 0.15) is 13.8 Å².